The SMILES string of the molecule is O=C(COCc1ccccc1)N1CCN(Cc2ccccc2)CC(O)C1. The minimum atomic E-state index is -0.542. The molecule has 3 rings (SSSR count). The van der Waals surface area contributed by atoms with Crippen LogP contribution in [0.15, 0.2) is 60.7 Å². The Hall–Kier alpha value is -2.21. The van der Waals surface area contributed by atoms with Crippen LogP contribution in [0.5, 0.6) is 0 Å². The summed E-state index contributed by atoms with van der Waals surface area (Å²) in [4.78, 5) is 16.3. The zero-order valence-electron chi connectivity index (χ0n) is 15.0. The Balaban J connectivity index is 1.47. The Morgan fingerprint density at radius 1 is 0.962 bits per heavy atom. The van der Waals surface area contributed by atoms with E-state index in [0.717, 1.165) is 18.7 Å². The van der Waals surface area contributed by atoms with E-state index in [4.69, 9.17) is 4.74 Å². The third-order valence-corrected chi connectivity index (χ3v) is 4.53. The number of benzene rings is 2. The number of aliphatic hydroxyl groups excluding tert-OH is 1. The summed E-state index contributed by atoms with van der Waals surface area (Å²) in [6.45, 7) is 3.53. The van der Waals surface area contributed by atoms with Crippen LogP contribution in [0.3, 0.4) is 0 Å². The first-order valence-corrected chi connectivity index (χ1v) is 9.04. The maximum absolute atomic E-state index is 12.4. The summed E-state index contributed by atoms with van der Waals surface area (Å²) in [5, 5.41) is 10.3. The van der Waals surface area contributed by atoms with Crippen molar-refractivity contribution < 1.29 is 14.6 Å². The Labute approximate surface area is 154 Å². The van der Waals surface area contributed by atoms with Crippen molar-refractivity contribution in [3.63, 3.8) is 0 Å². The van der Waals surface area contributed by atoms with Gasteiger partial charge in [0.1, 0.15) is 6.61 Å². The monoisotopic (exact) mass is 354 g/mol. The van der Waals surface area contributed by atoms with Crippen molar-refractivity contribution >= 4 is 5.91 Å². The first-order chi connectivity index (χ1) is 12.7. The highest BCUT2D eigenvalue weighted by molar-refractivity contribution is 5.77. The van der Waals surface area contributed by atoms with Crippen LogP contribution in [0.1, 0.15) is 11.1 Å². The number of carbonyl (C=O) groups excluding carboxylic acids is 1. The van der Waals surface area contributed by atoms with E-state index >= 15 is 0 Å². The van der Waals surface area contributed by atoms with Gasteiger partial charge in [0.25, 0.3) is 0 Å². The molecule has 26 heavy (non-hydrogen) atoms. The van der Waals surface area contributed by atoms with E-state index in [9.17, 15) is 9.90 Å². The van der Waals surface area contributed by atoms with Gasteiger partial charge in [0, 0.05) is 32.7 Å². The Bertz CT molecular complexity index is 678. The molecule has 0 aromatic heterocycles. The summed E-state index contributed by atoms with van der Waals surface area (Å²) in [5.74, 6) is -0.0680. The topological polar surface area (TPSA) is 53.0 Å². The quantitative estimate of drug-likeness (QED) is 0.861. The van der Waals surface area contributed by atoms with E-state index in [2.05, 4.69) is 17.0 Å². The number of ether oxygens (including phenoxy) is 1. The molecule has 1 amide bonds. The normalized spacial score (nSPS) is 18.5. The van der Waals surface area contributed by atoms with Gasteiger partial charge in [-0.2, -0.15) is 0 Å². The summed E-state index contributed by atoms with van der Waals surface area (Å²) >= 11 is 0. The van der Waals surface area contributed by atoms with Crippen molar-refractivity contribution in [2.24, 2.45) is 0 Å². The van der Waals surface area contributed by atoms with Gasteiger partial charge in [0.2, 0.25) is 5.91 Å². The Morgan fingerprint density at radius 2 is 1.62 bits per heavy atom. The fraction of sp³-hybridized carbons (Fsp3) is 0.381. The third-order valence-electron chi connectivity index (χ3n) is 4.53. The molecule has 2 aromatic carbocycles. The zero-order valence-corrected chi connectivity index (χ0v) is 15.0. The average Bonchev–Trinajstić information content (AvgIpc) is 2.84. The van der Waals surface area contributed by atoms with E-state index in [1.54, 1.807) is 4.90 Å². The number of amides is 1. The molecule has 0 radical (unpaired) electrons. The molecule has 0 aliphatic carbocycles. The van der Waals surface area contributed by atoms with Gasteiger partial charge in [-0.05, 0) is 11.1 Å². The number of carbonyl (C=O) groups is 1. The van der Waals surface area contributed by atoms with Gasteiger partial charge in [-0.15, -0.1) is 0 Å². The molecule has 0 saturated carbocycles. The van der Waals surface area contributed by atoms with Crippen LogP contribution in [-0.4, -0.2) is 59.7 Å². The lowest BCUT2D eigenvalue weighted by Gasteiger charge is -2.22. The van der Waals surface area contributed by atoms with Gasteiger partial charge in [-0.25, -0.2) is 0 Å². The molecule has 5 nitrogen and oxygen atoms in total. The lowest BCUT2D eigenvalue weighted by atomic mass is 10.2. The largest absolute Gasteiger partial charge is 0.390 e. The molecule has 2 aromatic rings. The summed E-state index contributed by atoms with van der Waals surface area (Å²) in [6, 6.07) is 20.0. The first-order valence-electron chi connectivity index (χ1n) is 9.04. The molecule has 1 saturated heterocycles. The maximum atomic E-state index is 12.4. The van der Waals surface area contributed by atoms with Crippen LogP contribution in [-0.2, 0) is 22.7 Å². The van der Waals surface area contributed by atoms with Crippen molar-refractivity contribution in [1.29, 1.82) is 0 Å². The van der Waals surface area contributed by atoms with Gasteiger partial charge in [0.15, 0.2) is 0 Å². The van der Waals surface area contributed by atoms with E-state index in [1.165, 1.54) is 5.56 Å². The first kappa shape index (κ1) is 18.6. The number of hydrogen-bond donors (Lipinski definition) is 1. The Morgan fingerprint density at radius 3 is 2.31 bits per heavy atom. The van der Waals surface area contributed by atoms with Crippen LogP contribution < -0.4 is 0 Å². The molecule has 1 atom stereocenters. The van der Waals surface area contributed by atoms with Crippen molar-refractivity contribution in [2.45, 2.75) is 19.3 Å². The summed E-state index contributed by atoms with van der Waals surface area (Å²) < 4.78 is 5.55. The van der Waals surface area contributed by atoms with Crippen molar-refractivity contribution in [2.75, 3.05) is 32.8 Å². The second-order valence-corrected chi connectivity index (χ2v) is 6.69. The number of aliphatic hydroxyl groups is 1. The molecule has 138 valence electrons. The van der Waals surface area contributed by atoms with Gasteiger partial charge in [-0.3, -0.25) is 9.69 Å². The van der Waals surface area contributed by atoms with E-state index < -0.39 is 6.10 Å². The molecule has 0 bridgehead atoms. The second kappa shape index (κ2) is 9.48. The third kappa shape index (κ3) is 5.66. The molecule has 1 heterocycles. The number of β-amino-alcohol motifs (C(OH)–C–C–N with tert-alkyl or cyclic N) is 1. The van der Waals surface area contributed by atoms with Crippen LogP contribution in [0.4, 0.5) is 0 Å². The second-order valence-electron chi connectivity index (χ2n) is 6.69. The zero-order chi connectivity index (χ0) is 18.2. The predicted octanol–water partition coefficient (Wildman–Crippen LogP) is 1.91. The summed E-state index contributed by atoms with van der Waals surface area (Å²) in [7, 11) is 0. The van der Waals surface area contributed by atoms with Gasteiger partial charge < -0.3 is 14.7 Å². The van der Waals surface area contributed by atoms with Gasteiger partial charge >= 0.3 is 0 Å². The minimum Gasteiger partial charge on any atom is -0.390 e. The highest BCUT2D eigenvalue weighted by Crippen LogP contribution is 2.10. The van der Waals surface area contributed by atoms with E-state index in [-0.39, 0.29) is 12.5 Å². The standard InChI is InChI=1S/C21H26N2O3/c24-20-14-22(13-18-7-3-1-4-8-18)11-12-23(15-20)21(25)17-26-16-19-9-5-2-6-10-19/h1-10,20,24H,11-17H2. The average molecular weight is 354 g/mol. The molecule has 1 aliphatic rings. The number of nitrogens with zero attached hydrogens (tertiary/aromatic N) is 2. The molecule has 1 N–H and O–H groups in total. The van der Waals surface area contributed by atoms with Crippen molar-refractivity contribution in [1.82, 2.24) is 9.80 Å². The van der Waals surface area contributed by atoms with Crippen LogP contribution >= 0.6 is 0 Å². The molecule has 0 spiro atoms. The molecular weight excluding hydrogens is 328 g/mol. The van der Waals surface area contributed by atoms with Gasteiger partial charge in [-0.1, -0.05) is 60.7 Å². The lowest BCUT2D eigenvalue weighted by molar-refractivity contribution is -0.137. The van der Waals surface area contributed by atoms with Crippen LogP contribution in [0, 0.1) is 0 Å². The fourth-order valence-electron chi connectivity index (χ4n) is 3.19. The smallest absolute Gasteiger partial charge is 0.248 e. The summed E-state index contributed by atoms with van der Waals surface area (Å²) in [5.41, 5.74) is 2.26. The maximum Gasteiger partial charge on any atom is 0.248 e. The number of rotatable bonds is 6. The predicted molar refractivity (Wildman–Crippen MR) is 100 cm³/mol. The molecule has 1 aliphatic heterocycles. The highest BCUT2D eigenvalue weighted by Gasteiger charge is 2.24. The van der Waals surface area contributed by atoms with Crippen LogP contribution in [0.25, 0.3) is 0 Å². The molecule has 1 unspecified atom stereocenters. The van der Waals surface area contributed by atoms with E-state index in [0.29, 0.717) is 26.2 Å². The summed E-state index contributed by atoms with van der Waals surface area (Å²) in [6.07, 6.45) is -0.542. The molecule has 1 fully saturated rings. The van der Waals surface area contributed by atoms with Crippen molar-refractivity contribution in [3.05, 3.63) is 71.8 Å². The molecular formula is C21H26N2O3. The fourth-order valence-corrected chi connectivity index (χ4v) is 3.19. The number of hydrogen-bond acceptors (Lipinski definition) is 4. The Kier molecular flexibility index (Phi) is 6.77. The van der Waals surface area contributed by atoms with Gasteiger partial charge in [0.05, 0.1) is 12.7 Å². The van der Waals surface area contributed by atoms with Crippen molar-refractivity contribution in [3.8, 4) is 0 Å². The van der Waals surface area contributed by atoms with E-state index in [1.807, 2.05) is 48.5 Å². The lowest BCUT2D eigenvalue weighted by Crippen LogP contribution is -2.39. The minimum absolute atomic E-state index is 0.0420. The highest BCUT2D eigenvalue weighted by atomic mass is 16.5. The molecule has 5 heteroatoms. The van der Waals surface area contributed by atoms with Crippen LogP contribution in [0.2, 0.25) is 0 Å².